The van der Waals surface area contributed by atoms with Crippen molar-refractivity contribution in [2.24, 2.45) is 0 Å². The van der Waals surface area contributed by atoms with Gasteiger partial charge in [-0.1, -0.05) is 45.9 Å². The van der Waals surface area contributed by atoms with Gasteiger partial charge in [-0.2, -0.15) is 5.10 Å². The maximum Gasteiger partial charge on any atom is 0.333 e. The van der Waals surface area contributed by atoms with E-state index >= 15 is 0 Å². The molecule has 2 amide bonds. The average Bonchev–Trinajstić information content (AvgIpc) is 2.74. The molecule has 0 radical (unpaired) electrons. The highest BCUT2D eigenvalue weighted by atomic mass is 32.2. The second kappa shape index (κ2) is 9.61. The number of urea groups is 1. The molecule has 0 unspecified atom stereocenters. The number of hydrogen-bond acceptors (Lipinski definition) is 7. The van der Waals surface area contributed by atoms with Gasteiger partial charge in [0.05, 0.1) is 6.20 Å². The summed E-state index contributed by atoms with van der Waals surface area (Å²) in [5, 5.41) is 13.9. The zero-order valence-electron chi connectivity index (χ0n) is 18.3. The van der Waals surface area contributed by atoms with Gasteiger partial charge < -0.3 is 15.5 Å². The van der Waals surface area contributed by atoms with Crippen molar-refractivity contribution in [1.29, 1.82) is 0 Å². The van der Waals surface area contributed by atoms with Crippen LogP contribution in [0.4, 0.5) is 16.3 Å². The van der Waals surface area contributed by atoms with E-state index in [1.54, 1.807) is 0 Å². The van der Waals surface area contributed by atoms with E-state index < -0.39 is 16.1 Å². The maximum absolute atomic E-state index is 12.8. The summed E-state index contributed by atoms with van der Waals surface area (Å²) in [6.07, 6.45) is 1.14. The minimum atomic E-state index is -4.11. The fourth-order valence-corrected chi connectivity index (χ4v) is 4.41. The van der Waals surface area contributed by atoms with E-state index in [0.29, 0.717) is 24.6 Å². The predicted octanol–water partition coefficient (Wildman–Crippen LogP) is 2.64. The zero-order chi connectivity index (χ0) is 22.6. The van der Waals surface area contributed by atoms with E-state index in [9.17, 15) is 13.2 Å². The van der Waals surface area contributed by atoms with E-state index in [1.165, 1.54) is 6.07 Å². The average molecular weight is 447 g/mol. The zero-order valence-corrected chi connectivity index (χ0v) is 19.2. The van der Waals surface area contributed by atoms with Gasteiger partial charge in [0, 0.05) is 37.9 Å². The lowest BCUT2D eigenvalue weighted by atomic mass is 9.93. The summed E-state index contributed by atoms with van der Waals surface area (Å²) >= 11 is 0. The van der Waals surface area contributed by atoms with Crippen LogP contribution in [0, 0.1) is 0 Å². The van der Waals surface area contributed by atoms with Gasteiger partial charge in [-0.15, -0.1) is 5.10 Å². The number of carbonyl (C=O) groups excluding carboxylic acids is 1. The van der Waals surface area contributed by atoms with E-state index in [2.05, 4.69) is 25.6 Å². The van der Waals surface area contributed by atoms with Crippen LogP contribution in [-0.4, -0.2) is 50.8 Å². The van der Waals surface area contributed by atoms with Crippen LogP contribution in [0.5, 0.6) is 0 Å². The normalized spacial score (nSPS) is 14.7. The smallest absolute Gasteiger partial charge is 0.333 e. The molecule has 3 N–H and O–H groups in total. The lowest BCUT2D eigenvalue weighted by Gasteiger charge is -2.28. The Labute approximate surface area is 183 Å². The quantitative estimate of drug-likeness (QED) is 0.624. The molecule has 0 bridgehead atoms. The van der Waals surface area contributed by atoms with Crippen LogP contribution in [0.15, 0.2) is 35.4 Å². The molecule has 2 heterocycles. The number of carbonyl (C=O) groups is 1. The molecular weight excluding hydrogens is 416 g/mol. The van der Waals surface area contributed by atoms with Crippen molar-refractivity contribution >= 4 is 27.6 Å². The maximum atomic E-state index is 12.8. The molecule has 1 fully saturated rings. The van der Waals surface area contributed by atoms with Crippen molar-refractivity contribution in [1.82, 2.24) is 20.2 Å². The van der Waals surface area contributed by atoms with Crippen LogP contribution >= 0.6 is 0 Å². The van der Waals surface area contributed by atoms with Crippen molar-refractivity contribution < 1.29 is 13.2 Å². The van der Waals surface area contributed by atoms with E-state index in [-0.39, 0.29) is 16.7 Å². The Morgan fingerprint density at radius 2 is 1.71 bits per heavy atom. The molecule has 3 rings (SSSR count). The van der Waals surface area contributed by atoms with Crippen LogP contribution in [0.2, 0.25) is 0 Å². The van der Waals surface area contributed by atoms with Gasteiger partial charge in [-0.05, 0) is 23.0 Å². The van der Waals surface area contributed by atoms with Gasteiger partial charge in [0.15, 0.2) is 5.82 Å². The van der Waals surface area contributed by atoms with Gasteiger partial charge in [-0.25, -0.2) is 17.9 Å². The molecule has 10 heteroatoms. The second-order valence-electron chi connectivity index (χ2n) is 8.17. The first-order valence-electron chi connectivity index (χ1n) is 10.4. The summed E-state index contributed by atoms with van der Waals surface area (Å²) in [4.78, 5) is 14.5. The Bertz CT molecular complexity index is 1010. The van der Waals surface area contributed by atoms with Gasteiger partial charge in [-0.3, -0.25) is 0 Å². The van der Waals surface area contributed by atoms with Crippen LogP contribution in [0.1, 0.15) is 50.7 Å². The van der Waals surface area contributed by atoms with Crippen molar-refractivity contribution in [2.45, 2.75) is 44.4 Å². The fourth-order valence-electron chi connectivity index (χ4n) is 3.55. The Balaban J connectivity index is 1.81. The third kappa shape index (κ3) is 5.50. The summed E-state index contributed by atoms with van der Waals surface area (Å²) in [6, 6.07) is 6.45. The SMILES string of the molecule is CC(C)c1cccc(C(C)C)c1NC(=O)NS(=O)(=O)c1cnnc(N2CCNCC2)c1. The molecule has 9 nitrogen and oxygen atoms in total. The highest BCUT2D eigenvalue weighted by Crippen LogP contribution is 2.32. The van der Waals surface area contributed by atoms with Crippen molar-refractivity contribution in [3.63, 3.8) is 0 Å². The van der Waals surface area contributed by atoms with Gasteiger partial charge in [0.2, 0.25) is 0 Å². The molecule has 31 heavy (non-hydrogen) atoms. The molecule has 1 aliphatic rings. The molecule has 0 aliphatic carbocycles. The van der Waals surface area contributed by atoms with Gasteiger partial charge in [0.1, 0.15) is 4.90 Å². The number of amides is 2. The number of anilines is 2. The first-order chi connectivity index (χ1) is 14.7. The summed E-state index contributed by atoms with van der Waals surface area (Å²) < 4.78 is 27.8. The van der Waals surface area contributed by atoms with Crippen LogP contribution in [0.25, 0.3) is 0 Å². The molecular formula is C21H30N6O3S. The van der Waals surface area contributed by atoms with Crippen LogP contribution in [-0.2, 0) is 10.0 Å². The first-order valence-corrected chi connectivity index (χ1v) is 11.9. The number of hydrogen-bond donors (Lipinski definition) is 3. The molecule has 0 saturated carbocycles. The lowest BCUT2D eigenvalue weighted by Crippen LogP contribution is -2.44. The largest absolute Gasteiger partial charge is 0.353 e. The van der Waals surface area contributed by atoms with Crippen molar-refractivity contribution in [3.8, 4) is 0 Å². The number of benzene rings is 1. The monoisotopic (exact) mass is 446 g/mol. The Hall–Kier alpha value is -2.72. The lowest BCUT2D eigenvalue weighted by molar-refractivity contribution is 0.256. The summed E-state index contributed by atoms with van der Waals surface area (Å²) in [6.45, 7) is 11.1. The number of piperazine rings is 1. The topological polar surface area (TPSA) is 116 Å². The number of sulfonamides is 1. The van der Waals surface area contributed by atoms with Crippen LogP contribution in [0.3, 0.4) is 0 Å². The number of nitrogens with one attached hydrogen (secondary N) is 3. The molecule has 1 aromatic carbocycles. The molecule has 1 aliphatic heterocycles. The summed E-state index contributed by atoms with van der Waals surface area (Å²) in [5.41, 5.74) is 2.55. The van der Waals surface area contributed by atoms with Crippen molar-refractivity contribution in [3.05, 3.63) is 41.6 Å². The number of para-hydroxylation sites is 1. The summed E-state index contributed by atoms with van der Waals surface area (Å²) in [5.74, 6) is 0.797. The third-order valence-corrected chi connectivity index (χ3v) is 6.50. The highest BCUT2D eigenvalue weighted by Gasteiger charge is 2.23. The Morgan fingerprint density at radius 1 is 1.10 bits per heavy atom. The number of aromatic nitrogens is 2. The minimum absolute atomic E-state index is 0.104. The molecule has 168 valence electrons. The van der Waals surface area contributed by atoms with Crippen molar-refractivity contribution in [2.75, 3.05) is 36.4 Å². The molecule has 2 aromatic rings. The first kappa shape index (κ1) is 23.0. The molecule has 0 spiro atoms. The third-order valence-electron chi connectivity index (χ3n) is 5.21. The molecule has 1 aromatic heterocycles. The van der Waals surface area contributed by atoms with Crippen LogP contribution < -0.4 is 20.3 Å². The molecule has 0 atom stereocenters. The highest BCUT2D eigenvalue weighted by molar-refractivity contribution is 7.90. The predicted molar refractivity (Wildman–Crippen MR) is 121 cm³/mol. The fraction of sp³-hybridized carbons (Fsp3) is 0.476. The van der Waals surface area contributed by atoms with Gasteiger partial charge in [0.25, 0.3) is 10.0 Å². The Kier molecular flexibility index (Phi) is 7.11. The second-order valence-corrected chi connectivity index (χ2v) is 9.85. The number of nitrogens with zero attached hydrogens (tertiary/aromatic N) is 3. The number of rotatable bonds is 6. The van der Waals surface area contributed by atoms with E-state index in [4.69, 9.17) is 0 Å². The standard InChI is InChI=1S/C21H30N6O3S/c1-14(2)17-6-5-7-18(15(3)4)20(17)24-21(28)26-31(29,30)16-12-19(25-23-13-16)27-10-8-22-9-11-27/h5-7,12-15,22H,8-11H2,1-4H3,(H2,24,26,28). The minimum Gasteiger partial charge on any atom is -0.353 e. The molecule has 1 saturated heterocycles. The van der Waals surface area contributed by atoms with Gasteiger partial charge >= 0.3 is 6.03 Å². The van der Waals surface area contributed by atoms with E-state index in [1.807, 2.05) is 50.8 Å². The Morgan fingerprint density at radius 3 is 2.29 bits per heavy atom. The van der Waals surface area contributed by atoms with E-state index in [0.717, 1.165) is 30.4 Å². The summed E-state index contributed by atoms with van der Waals surface area (Å²) in [7, 11) is -4.11.